The van der Waals surface area contributed by atoms with Gasteiger partial charge >= 0.3 is 0 Å². The number of hydrogen-bond acceptors (Lipinski definition) is 2. The Balaban J connectivity index is 1.77. The van der Waals surface area contributed by atoms with E-state index in [2.05, 4.69) is 12.1 Å². The number of fused-ring (bicyclic) bond motifs is 1. The minimum Gasteiger partial charge on any atom is -0.508 e. The van der Waals surface area contributed by atoms with Gasteiger partial charge in [0.1, 0.15) is 17.6 Å². The highest BCUT2D eigenvalue weighted by atomic mass is 16.5. The minimum absolute atomic E-state index is 0.00454. The van der Waals surface area contributed by atoms with Gasteiger partial charge in [0.15, 0.2) is 0 Å². The second-order valence-electron chi connectivity index (χ2n) is 5.84. The molecule has 0 radical (unpaired) electrons. The Kier molecular flexibility index (Phi) is 2.95. The third-order valence-electron chi connectivity index (χ3n) is 4.50. The highest BCUT2D eigenvalue weighted by Gasteiger charge is 2.28. The Morgan fingerprint density at radius 1 is 1.00 bits per heavy atom. The molecular weight excluding hydrogens is 260 g/mol. The molecule has 2 heteroatoms. The van der Waals surface area contributed by atoms with Crippen LogP contribution in [0.25, 0.3) is 5.57 Å². The molecule has 106 valence electrons. The molecule has 0 spiro atoms. The molecule has 1 fully saturated rings. The fraction of sp³-hybridized carbons (Fsp3) is 0.263. The average molecular weight is 278 g/mol. The van der Waals surface area contributed by atoms with Crippen LogP contribution in [-0.4, -0.2) is 5.11 Å². The zero-order valence-corrected chi connectivity index (χ0v) is 11.9. The van der Waals surface area contributed by atoms with Crippen LogP contribution in [-0.2, 0) is 0 Å². The van der Waals surface area contributed by atoms with Crippen molar-refractivity contribution in [3.8, 4) is 11.5 Å². The van der Waals surface area contributed by atoms with E-state index in [0.717, 1.165) is 17.7 Å². The van der Waals surface area contributed by atoms with Crippen molar-refractivity contribution in [2.75, 3.05) is 0 Å². The number of phenols is 1. The standard InChI is InChI=1S/C19H18O2/c20-15-8-4-7-14(11-15)19-12-17(13-5-3-6-13)16-9-1-2-10-18(16)21-19/h1-2,4,7-11,19-20H,3,5-6,12H2. The van der Waals surface area contributed by atoms with E-state index in [1.54, 1.807) is 11.6 Å². The van der Waals surface area contributed by atoms with E-state index in [4.69, 9.17) is 4.74 Å². The minimum atomic E-state index is -0.00454. The number of allylic oxidation sites excluding steroid dienone is 1. The number of hydrogen-bond donors (Lipinski definition) is 1. The van der Waals surface area contributed by atoms with Gasteiger partial charge in [-0.2, -0.15) is 0 Å². The van der Waals surface area contributed by atoms with Crippen molar-refractivity contribution < 1.29 is 9.84 Å². The van der Waals surface area contributed by atoms with Gasteiger partial charge in [0.05, 0.1) is 0 Å². The van der Waals surface area contributed by atoms with E-state index in [9.17, 15) is 5.11 Å². The first kappa shape index (κ1) is 12.5. The average Bonchev–Trinajstić information content (AvgIpc) is 2.45. The molecule has 1 heterocycles. The first-order valence-electron chi connectivity index (χ1n) is 7.57. The zero-order valence-electron chi connectivity index (χ0n) is 11.9. The predicted molar refractivity (Wildman–Crippen MR) is 83.3 cm³/mol. The first-order chi connectivity index (χ1) is 10.3. The van der Waals surface area contributed by atoms with Gasteiger partial charge in [0.2, 0.25) is 0 Å². The summed E-state index contributed by atoms with van der Waals surface area (Å²) in [6.45, 7) is 0. The Morgan fingerprint density at radius 2 is 1.86 bits per heavy atom. The van der Waals surface area contributed by atoms with Gasteiger partial charge in [-0.05, 0) is 48.6 Å². The molecule has 0 aromatic heterocycles. The number of phenolic OH excluding ortho intramolecular Hbond substituents is 1. The number of aromatic hydroxyl groups is 1. The van der Waals surface area contributed by atoms with Gasteiger partial charge in [0, 0.05) is 12.0 Å². The molecule has 0 saturated heterocycles. The Labute approximate surface area is 124 Å². The third kappa shape index (κ3) is 2.21. The van der Waals surface area contributed by atoms with Gasteiger partial charge in [-0.25, -0.2) is 0 Å². The van der Waals surface area contributed by atoms with Crippen LogP contribution >= 0.6 is 0 Å². The van der Waals surface area contributed by atoms with E-state index in [1.165, 1.54) is 30.4 Å². The van der Waals surface area contributed by atoms with Crippen molar-refractivity contribution in [3.63, 3.8) is 0 Å². The van der Waals surface area contributed by atoms with Crippen LogP contribution in [0.2, 0.25) is 0 Å². The summed E-state index contributed by atoms with van der Waals surface area (Å²) in [4.78, 5) is 0. The van der Waals surface area contributed by atoms with Crippen LogP contribution in [0.15, 0.2) is 54.1 Å². The lowest BCUT2D eigenvalue weighted by atomic mass is 9.81. The molecule has 4 rings (SSSR count). The molecule has 1 N–H and O–H groups in total. The molecule has 0 amide bonds. The van der Waals surface area contributed by atoms with E-state index < -0.39 is 0 Å². The number of para-hydroxylation sites is 1. The van der Waals surface area contributed by atoms with Crippen molar-refractivity contribution in [3.05, 3.63) is 65.2 Å². The van der Waals surface area contributed by atoms with Crippen molar-refractivity contribution >= 4 is 5.57 Å². The molecule has 0 bridgehead atoms. The second kappa shape index (κ2) is 4.96. The molecule has 21 heavy (non-hydrogen) atoms. The van der Waals surface area contributed by atoms with Gasteiger partial charge in [-0.1, -0.05) is 35.9 Å². The lowest BCUT2D eigenvalue weighted by Gasteiger charge is -2.32. The van der Waals surface area contributed by atoms with Crippen LogP contribution in [0.5, 0.6) is 11.5 Å². The maximum Gasteiger partial charge on any atom is 0.128 e. The summed E-state index contributed by atoms with van der Waals surface area (Å²) in [6, 6.07) is 15.7. The van der Waals surface area contributed by atoms with Crippen molar-refractivity contribution in [1.29, 1.82) is 0 Å². The predicted octanol–water partition coefficient (Wildman–Crippen LogP) is 4.85. The number of benzene rings is 2. The molecule has 1 atom stereocenters. The monoisotopic (exact) mass is 278 g/mol. The van der Waals surface area contributed by atoms with Crippen LogP contribution in [0.1, 0.15) is 42.9 Å². The van der Waals surface area contributed by atoms with Gasteiger partial charge in [0.25, 0.3) is 0 Å². The van der Waals surface area contributed by atoms with Crippen molar-refractivity contribution in [2.45, 2.75) is 31.8 Å². The summed E-state index contributed by atoms with van der Waals surface area (Å²) in [7, 11) is 0. The van der Waals surface area contributed by atoms with E-state index in [0.29, 0.717) is 5.75 Å². The lowest BCUT2D eigenvalue weighted by molar-refractivity contribution is 0.201. The molecular formula is C19H18O2. The third-order valence-corrected chi connectivity index (χ3v) is 4.50. The fourth-order valence-corrected chi connectivity index (χ4v) is 3.21. The van der Waals surface area contributed by atoms with Gasteiger partial charge < -0.3 is 9.84 Å². The number of rotatable bonds is 1. The van der Waals surface area contributed by atoms with Crippen LogP contribution < -0.4 is 4.74 Å². The van der Waals surface area contributed by atoms with E-state index >= 15 is 0 Å². The second-order valence-corrected chi connectivity index (χ2v) is 5.84. The van der Waals surface area contributed by atoms with E-state index in [1.807, 2.05) is 30.3 Å². The quantitative estimate of drug-likeness (QED) is 0.807. The Bertz CT molecular complexity index is 709. The SMILES string of the molecule is Oc1cccc(C2CC(=C3CCC3)c3ccccc3O2)c1. The van der Waals surface area contributed by atoms with Crippen LogP contribution in [0, 0.1) is 0 Å². The maximum atomic E-state index is 9.70. The smallest absolute Gasteiger partial charge is 0.128 e. The Morgan fingerprint density at radius 3 is 2.62 bits per heavy atom. The van der Waals surface area contributed by atoms with Crippen molar-refractivity contribution in [2.24, 2.45) is 0 Å². The molecule has 2 aliphatic rings. The van der Waals surface area contributed by atoms with Crippen LogP contribution in [0.3, 0.4) is 0 Å². The lowest BCUT2D eigenvalue weighted by Crippen LogP contribution is -2.17. The summed E-state index contributed by atoms with van der Waals surface area (Å²) in [6.07, 6.45) is 4.64. The molecule has 1 aliphatic carbocycles. The van der Waals surface area contributed by atoms with Crippen molar-refractivity contribution in [1.82, 2.24) is 0 Å². The molecule has 2 aromatic rings. The fourth-order valence-electron chi connectivity index (χ4n) is 3.21. The zero-order chi connectivity index (χ0) is 14.2. The molecule has 1 unspecified atom stereocenters. The van der Waals surface area contributed by atoms with Gasteiger partial charge in [-0.3, -0.25) is 0 Å². The topological polar surface area (TPSA) is 29.5 Å². The molecule has 1 aliphatic heterocycles. The van der Waals surface area contributed by atoms with Crippen LogP contribution in [0.4, 0.5) is 0 Å². The van der Waals surface area contributed by atoms with E-state index in [-0.39, 0.29) is 6.10 Å². The largest absolute Gasteiger partial charge is 0.508 e. The molecule has 2 nitrogen and oxygen atoms in total. The Hall–Kier alpha value is -2.22. The summed E-state index contributed by atoms with van der Waals surface area (Å²) in [5.41, 5.74) is 5.33. The highest BCUT2D eigenvalue weighted by Crippen LogP contribution is 2.46. The molecule has 1 saturated carbocycles. The summed E-state index contributed by atoms with van der Waals surface area (Å²) >= 11 is 0. The first-order valence-corrected chi connectivity index (χ1v) is 7.57. The number of ether oxygens (including phenoxy) is 1. The summed E-state index contributed by atoms with van der Waals surface area (Å²) in [5.74, 6) is 1.26. The maximum absolute atomic E-state index is 9.70. The molecule has 2 aromatic carbocycles. The summed E-state index contributed by atoms with van der Waals surface area (Å²) in [5, 5.41) is 9.70. The van der Waals surface area contributed by atoms with Gasteiger partial charge in [-0.15, -0.1) is 0 Å². The normalized spacial score (nSPS) is 20.5. The summed E-state index contributed by atoms with van der Waals surface area (Å²) < 4.78 is 6.18. The highest BCUT2D eigenvalue weighted by molar-refractivity contribution is 5.75.